The van der Waals surface area contributed by atoms with E-state index in [4.69, 9.17) is 4.74 Å². The van der Waals surface area contributed by atoms with Crippen LogP contribution in [0, 0.1) is 0 Å². The number of aliphatic carboxylic acids is 1. The fourth-order valence-corrected chi connectivity index (χ4v) is 2.83. The quantitative estimate of drug-likeness (QED) is 0.680. The maximum atomic E-state index is 12.7. The SMILES string of the molecule is COc1ccc2cc(C(C)C(=O)Nc3cnn(C(C)(C)C(=O)O)c3)ccc2c1. The lowest BCUT2D eigenvalue weighted by molar-refractivity contribution is -0.146. The van der Waals surface area contributed by atoms with Gasteiger partial charge >= 0.3 is 5.97 Å². The molecule has 3 rings (SSSR count). The first-order valence-electron chi connectivity index (χ1n) is 8.89. The highest BCUT2D eigenvalue weighted by atomic mass is 16.5. The normalized spacial score (nSPS) is 12.6. The number of hydrogen-bond acceptors (Lipinski definition) is 4. The molecule has 2 N–H and O–H groups in total. The fraction of sp³-hybridized carbons (Fsp3) is 0.286. The van der Waals surface area contributed by atoms with Gasteiger partial charge in [0, 0.05) is 6.20 Å². The molecule has 146 valence electrons. The summed E-state index contributed by atoms with van der Waals surface area (Å²) in [5.41, 5.74) is 0.138. The molecular formula is C21H23N3O4. The summed E-state index contributed by atoms with van der Waals surface area (Å²) in [7, 11) is 1.63. The van der Waals surface area contributed by atoms with E-state index in [2.05, 4.69) is 10.4 Å². The Bertz CT molecular complexity index is 1040. The van der Waals surface area contributed by atoms with Crippen LogP contribution in [-0.4, -0.2) is 33.9 Å². The number of rotatable bonds is 6. The van der Waals surface area contributed by atoms with E-state index in [1.807, 2.05) is 43.3 Å². The molecule has 7 heteroatoms. The summed E-state index contributed by atoms with van der Waals surface area (Å²) in [4.78, 5) is 24.0. The number of amides is 1. The number of carbonyl (C=O) groups excluding carboxylic acids is 1. The summed E-state index contributed by atoms with van der Waals surface area (Å²) in [5, 5.41) is 18.2. The Morgan fingerprint density at radius 2 is 1.86 bits per heavy atom. The van der Waals surface area contributed by atoms with Gasteiger partial charge in [-0.25, -0.2) is 4.79 Å². The average molecular weight is 381 g/mol. The van der Waals surface area contributed by atoms with Crippen molar-refractivity contribution in [1.82, 2.24) is 9.78 Å². The Morgan fingerprint density at radius 3 is 2.54 bits per heavy atom. The predicted octanol–water partition coefficient (Wildman–Crippen LogP) is 3.61. The number of fused-ring (bicyclic) bond motifs is 1. The number of methoxy groups -OCH3 is 1. The Balaban J connectivity index is 1.77. The van der Waals surface area contributed by atoms with Gasteiger partial charge in [-0.3, -0.25) is 9.48 Å². The van der Waals surface area contributed by atoms with E-state index in [1.165, 1.54) is 17.1 Å². The van der Waals surface area contributed by atoms with Gasteiger partial charge in [0.2, 0.25) is 5.91 Å². The topological polar surface area (TPSA) is 93.5 Å². The Hall–Kier alpha value is -3.35. The molecule has 0 aliphatic rings. The van der Waals surface area contributed by atoms with Crippen LogP contribution in [-0.2, 0) is 15.1 Å². The monoisotopic (exact) mass is 381 g/mol. The van der Waals surface area contributed by atoms with Gasteiger partial charge in [0.1, 0.15) is 5.75 Å². The molecule has 0 bridgehead atoms. The molecule has 0 aliphatic carbocycles. The van der Waals surface area contributed by atoms with Crippen molar-refractivity contribution in [2.75, 3.05) is 12.4 Å². The molecule has 2 aromatic carbocycles. The first-order chi connectivity index (χ1) is 13.2. The summed E-state index contributed by atoms with van der Waals surface area (Å²) in [6.07, 6.45) is 2.97. The van der Waals surface area contributed by atoms with E-state index < -0.39 is 11.5 Å². The van der Waals surface area contributed by atoms with Gasteiger partial charge in [0.05, 0.1) is 24.9 Å². The van der Waals surface area contributed by atoms with Crippen LogP contribution < -0.4 is 10.1 Å². The van der Waals surface area contributed by atoms with Crippen molar-refractivity contribution >= 4 is 28.3 Å². The summed E-state index contributed by atoms with van der Waals surface area (Å²) in [5.74, 6) is -0.801. The van der Waals surface area contributed by atoms with Gasteiger partial charge in [0.15, 0.2) is 5.54 Å². The van der Waals surface area contributed by atoms with Gasteiger partial charge in [-0.05, 0) is 49.2 Å². The van der Waals surface area contributed by atoms with Crippen LogP contribution in [0.5, 0.6) is 5.75 Å². The molecule has 0 spiro atoms. The van der Waals surface area contributed by atoms with Crippen molar-refractivity contribution in [3.8, 4) is 5.75 Å². The smallest absolute Gasteiger partial charge is 0.331 e. The third kappa shape index (κ3) is 3.69. The van der Waals surface area contributed by atoms with Gasteiger partial charge in [-0.2, -0.15) is 5.10 Å². The van der Waals surface area contributed by atoms with E-state index in [0.717, 1.165) is 22.1 Å². The summed E-state index contributed by atoms with van der Waals surface area (Å²) in [6.45, 7) is 4.91. The number of anilines is 1. The zero-order valence-electron chi connectivity index (χ0n) is 16.3. The van der Waals surface area contributed by atoms with E-state index in [1.54, 1.807) is 21.0 Å². The molecule has 1 atom stereocenters. The lowest BCUT2D eigenvalue weighted by atomic mass is 9.97. The lowest BCUT2D eigenvalue weighted by Gasteiger charge is -2.19. The molecule has 28 heavy (non-hydrogen) atoms. The van der Waals surface area contributed by atoms with Crippen molar-refractivity contribution in [2.45, 2.75) is 32.2 Å². The third-order valence-electron chi connectivity index (χ3n) is 4.91. The summed E-state index contributed by atoms with van der Waals surface area (Å²) >= 11 is 0. The molecule has 1 aromatic heterocycles. The zero-order chi connectivity index (χ0) is 20.5. The molecule has 3 aromatic rings. The number of carboxylic acid groups (broad SMARTS) is 1. The number of aromatic nitrogens is 2. The van der Waals surface area contributed by atoms with Crippen molar-refractivity contribution in [3.05, 3.63) is 54.4 Å². The minimum Gasteiger partial charge on any atom is -0.497 e. The van der Waals surface area contributed by atoms with E-state index in [9.17, 15) is 14.7 Å². The van der Waals surface area contributed by atoms with E-state index in [-0.39, 0.29) is 11.8 Å². The number of nitrogens with one attached hydrogen (secondary N) is 1. The molecule has 0 fully saturated rings. The Kier molecular flexibility index (Phi) is 5.09. The number of hydrogen-bond donors (Lipinski definition) is 2. The van der Waals surface area contributed by atoms with Crippen molar-refractivity contribution < 1.29 is 19.4 Å². The molecule has 1 amide bonds. The molecule has 7 nitrogen and oxygen atoms in total. The number of benzene rings is 2. The maximum Gasteiger partial charge on any atom is 0.331 e. The molecule has 1 unspecified atom stereocenters. The van der Waals surface area contributed by atoms with Crippen LogP contribution in [0.4, 0.5) is 5.69 Å². The lowest BCUT2D eigenvalue weighted by Crippen LogP contribution is -2.35. The second kappa shape index (κ2) is 7.34. The minimum atomic E-state index is -1.20. The van der Waals surface area contributed by atoms with Crippen LogP contribution in [0.1, 0.15) is 32.3 Å². The van der Waals surface area contributed by atoms with Crippen LogP contribution in [0.2, 0.25) is 0 Å². The van der Waals surface area contributed by atoms with Gasteiger partial charge in [-0.1, -0.05) is 24.3 Å². The van der Waals surface area contributed by atoms with E-state index in [0.29, 0.717) is 5.69 Å². The van der Waals surface area contributed by atoms with Crippen LogP contribution >= 0.6 is 0 Å². The molecule has 0 radical (unpaired) electrons. The Morgan fingerprint density at radius 1 is 1.18 bits per heavy atom. The second-order valence-corrected chi connectivity index (χ2v) is 7.22. The van der Waals surface area contributed by atoms with Gasteiger partial charge in [-0.15, -0.1) is 0 Å². The molecular weight excluding hydrogens is 358 g/mol. The fourth-order valence-electron chi connectivity index (χ4n) is 2.83. The van der Waals surface area contributed by atoms with Gasteiger partial charge in [0.25, 0.3) is 0 Å². The largest absolute Gasteiger partial charge is 0.497 e. The number of ether oxygens (including phenoxy) is 1. The number of carbonyl (C=O) groups is 2. The van der Waals surface area contributed by atoms with Crippen LogP contribution in [0.3, 0.4) is 0 Å². The maximum absolute atomic E-state index is 12.7. The van der Waals surface area contributed by atoms with E-state index >= 15 is 0 Å². The first kappa shape index (κ1) is 19.4. The molecule has 1 heterocycles. The minimum absolute atomic E-state index is 0.194. The molecule has 0 saturated heterocycles. The van der Waals surface area contributed by atoms with Crippen molar-refractivity contribution in [3.63, 3.8) is 0 Å². The van der Waals surface area contributed by atoms with Crippen molar-refractivity contribution in [2.24, 2.45) is 0 Å². The third-order valence-corrected chi connectivity index (χ3v) is 4.91. The highest BCUT2D eigenvalue weighted by molar-refractivity contribution is 5.96. The summed E-state index contributed by atoms with van der Waals surface area (Å²) in [6, 6.07) is 11.7. The number of nitrogens with zero attached hydrogens (tertiary/aromatic N) is 2. The molecule has 0 saturated carbocycles. The highest BCUT2D eigenvalue weighted by Crippen LogP contribution is 2.26. The van der Waals surface area contributed by atoms with Crippen LogP contribution in [0.25, 0.3) is 10.8 Å². The number of carboxylic acids is 1. The van der Waals surface area contributed by atoms with Crippen molar-refractivity contribution in [1.29, 1.82) is 0 Å². The second-order valence-electron chi connectivity index (χ2n) is 7.22. The first-order valence-corrected chi connectivity index (χ1v) is 8.89. The Labute approximate surface area is 162 Å². The van der Waals surface area contributed by atoms with Crippen LogP contribution in [0.15, 0.2) is 48.8 Å². The highest BCUT2D eigenvalue weighted by Gasteiger charge is 2.30. The standard InChI is InChI=1S/C21H23N3O4/c1-13(14-5-6-16-10-18(28-4)8-7-15(16)9-14)19(25)23-17-11-22-24(12-17)21(2,3)20(26)27/h5-13H,1-4H3,(H,23,25)(H,26,27). The summed E-state index contributed by atoms with van der Waals surface area (Å²) < 4.78 is 6.55. The van der Waals surface area contributed by atoms with Gasteiger partial charge < -0.3 is 15.2 Å². The zero-order valence-corrected chi connectivity index (χ0v) is 16.3. The predicted molar refractivity (Wildman–Crippen MR) is 107 cm³/mol. The molecule has 0 aliphatic heterocycles. The average Bonchev–Trinajstić information content (AvgIpc) is 3.15.